The summed E-state index contributed by atoms with van der Waals surface area (Å²) in [4.78, 5) is 28.8. The first-order valence-corrected chi connectivity index (χ1v) is 8.90. The zero-order valence-corrected chi connectivity index (χ0v) is 15.1. The fourth-order valence-corrected chi connectivity index (χ4v) is 3.00. The summed E-state index contributed by atoms with van der Waals surface area (Å²) in [6.07, 6.45) is 3.19. The lowest BCUT2D eigenvalue weighted by molar-refractivity contribution is -0.123. The smallest absolute Gasteiger partial charge is 0.250 e. The van der Waals surface area contributed by atoms with Crippen LogP contribution >= 0.6 is 0 Å². The molecule has 0 spiro atoms. The number of aromatic nitrogens is 3. The van der Waals surface area contributed by atoms with Crippen molar-refractivity contribution in [3.8, 4) is 0 Å². The minimum atomic E-state index is -0.384. The highest BCUT2D eigenvalue weighted by atomic mass is 16.5. The normalized spacial score (nSPS) is 16.6. The van der Waals surface area contributed by atoms with Gasteiger partial charge in [0.2, 0.25) is 11.8 Å². The lowest BCUT2D eigenvalue weighted by atomic mass is 9.91. The Labute approximate surface area is 151 Å². The fourth-order valence-electron chi connectivity index (χ4n) is 3.00. The fraction of sp³-hybridized carbons (Fsp3) is 0.556. The zero-order chi connectivity index (χ0) is 18.5. The van der Waals surface area contributed by atoms with Crippen molar-refractivity contribution in [3.05, 3.63) is 46.5 Å². The summed E-state index contributed by atoms with van der Waals surface area (Å²) in [5.74, 6) is 1.06. The van der Waals surface area contributed by atoms with Gasteiger partial charge in [0.05, 0.1) is 0 Å². The van der Waals surface area contributed by atoms with E-state index in [1.165, 1.54) is 10.6 Å². The van der Waals surface area contributed by atoms with Gasteiger partial charge in [-0.3, -0.25) is 9.59 Å². The van der Waals surface area contributed by atoms with E-state index in [1.807, 2.05) is 13.8 Å². The topological polar surface area (TPSA) is 99.2 Å². The second kappa shape index (κ2) is 8.27. The van der Waals surface area contributed by atoms with Crippen LogP contribution in [-0.2, 0) is 16.1 Å². The van der Waals surface area contributed by atoms with Crippen LogP contribution in [0.25, 0.3) is 0 Å². The molecule has 140 valence electrons. The second-order valence-corrected chi connectivity index (χ2v) is 6.81. The summed E-state index contributed by atoms with van der Waals surface area (Å²) in [5, 5.41) is 6.99. The van der Waals surface area contributed by atoms with E-state index in [9.17, 15) is 9.59 Å². The molecule has 2 aromatic rings. The third kappa shape index (κ3) is 4.37. The van der Waals surface area contributed by atoms with Crippen molar-refractivity contribution in [1.82, 2.24) is 20.0 Å². The molecule has 8 heteroatoms. The lowest BCUT2D eigenvalue weighted by Gasteiger charge is -2.28. The van der Waals surface area contributed by atoms with E-state index in [-0.39, 0.29) is 35.9 Å². The van der Waals surface area contributed by atoms with Crippen LogP contribution in [0, 0.1) is 5.92 Å². The number of nitrogens with zero attached hydrogens (tertiary/aromatic N) is 3. The van der Waals surface area contributed by atoms with Crippen molar-refractivity contribution in [1.29, 1.82) is 0 Å². The average molecular weight is 360 g/mol. The van der Waals surface area contributed by atoms with Gasteiger partial charge in [-0.2, -0.15) is 4.98 Å². The molecule has 1 aliphatic rings. The number of carbonyl (C=O) groups excluding carboxylic acids is 1. The number of nitrogens with one attached hydrogen (secondary N) is 1. The summed E-state index contributed by atoms with van der Waals surface area (Å²) in [6, 6.07) is 4.41. The molecule has 3 rings (SSSR count). The summed E-state index contributed by atoms with van der Waals surface area (Å²) in [5.41, 5.74) is -0.217. The summed E-state index contributed by atoms with van der Waals surface area (Å²) >= 11 is 0. The van der Waals surface area contributed by atoms with Gasteiger partial charge in [-0.15, -0.1) is 0 Å². The highest BCUT2D eigenvalue weighted by molar-refractivity contribution is 5.76. The van der Waals surface area contributed by atoms with E-state index >= 15 is 0 Å². The van der Waals surface area contributed by atoms with Crippen LogP contribution in [-0.4, -0.2) is 33.8 Å². The molecule has 1 saturated heterocycles. The molecule has 2 aromatic heterocycles. The molecule has 1 amide bonds. The number of hydrogen-bond acceptors (Lipinski definition) is 6. The van der Waals surface area contributed by atoms with E-state index < -0.39 is 0 Å². The Morgan fingerprint density at radius 2 is 2.12 bits per heavy atom. The van der Waals surface area contributed by atoms with E-state index in [2.05, 4.69) is 15.5 Å². The van der Waals surface area contributed by atoms with Gasteiger partial charge < -0.3 is 19.1 Å². The monoisotopic (exact) mass is 360 g/mol. The maximum Gasteiger partial charge on any atom is 0.250 e. The van der Waals surface area contributed by atoms with Crippen LogP contribution in [0.2, 0.25) is 0 Å². The van der Waals surface area contributed by atoms with Crippen molar-refractivity contribution >= 4 is 5.91 Å². The zero-order valence-electron chi connectivity index (χ0n) is 15.1. The Kier molecular flexibility index (Phi) is 5.82. The van der Waals surface area contributed by atoms with Gasteiger partial charge in [-0.25, -0.2) is 0 Å². The van der Waals surface area contributed by atoms with Gasteiger partial charge in [0.15, 0.2) is 5.82 Å². The lowest BCUT2D eigenvalue weighted by Crippen LogP contribution is -2.39. The maximum absolute atomic E-state index is 12.5. The second-order valence-electron chi connectivity index (χ2n) is 6.81. The van der Waals surface area contributed by atoms with Crippen LogP contribution in [0.5, 0.6) is 0 Å². The number of ether oxygens (including phenoxy) is 1. The average Bonchev–Trinajstić information content (AvgIpc) is 3.12. The molecule has 1 N–H and O–H groups in total. The molecule has 1 aliphatic heterocycles. The molecular formula is C18H24N4O4. The molecule has 0 aromatic carbocycles. The van der Waals surface area contributed by atoms with Crippen LogP contribution in [0.4, 0.5) is 0 Å². The molecule has 26 heavy (non-hydrogen) atoms. The molecule has 1 atom stereocenters. The number of pyridine rings is 1. The van der Waals surface area contributed by atoms with E-state index in [4.69, 9.17) is 9.26 Å². The number of carbonyl (C=O) groups is 1. The molecule has 0 radical (unpaired) electrons. The van der Waals surface area contributed by atoms with Crippen molar-refractivity contribution in [2.24, 2.45) is 5.92 Å². The van der Waals surface area contributed by atoms with Gasteiger partial charge in [-0.1, -0.05) is 25.1 Å². The molecule has 0 unspecified atom stereocenters. The molecule has 0 bridgehead atoms. The molecule has 0 aliphatic carbocycles. The van der Waals surface area contributed by atoms with Crippen LogP contribution in [0.1, 0.15) is 50.4 Å². The molecule has 1 fully saturated rings. The predicted molar refractivity (Wildman–Crippen MR) is 93.5 cm³/mol. The Hall–Kier alpha value is -2.48. The standard InChI is InChI=1S/C18H24N4O4/c1-12(2)17-20-18(26-21-17)16(13-6-9-25-10-7-13)19-14(23)11-22-8-4-3-5-15(22)24/h3-5,8,12-13,16H,6-7,9-11H2,1-2H3,(H,19,23)/t16-/m1/s1. The van der Waals surface area contributed by atoms with Gasteiger partial charge in [0, 0.05) is 31.4 Å². The Balaban J connectivity index is 1.77. The molecule has 8 nitrogen and oxygen atoms in total. The highest BCUT2D eigenvalue weighted by Gasteiger charge is 2.31. The van der Waals surface area contributed by atoms with Crippen molar-refractivity contribution in [2.75, 3.05) is 13.2 Å². The summed E-state index contributed by atoms with van der Waals surface area (Å²) in [6.45, 7) is 5.20. The Morgan fingerprint density at radius 1 is 1.35 bits per heavy atom. The summed E-state index contributed by atoms with van der Waals surface area (Å²) in [7, 11) is 0. The predicted octanol–water partition coefficient (Wildman–Crippen LogP) is 1.64. The third-order valence-electron chi connectivity index (χ3n) is 4.51. The van der Waals surface area contributed by atoms with Crippen LogP contribution in [0.15, 0.2) is 33.7 Å². The summed E-state index contributed by atoms with van der Waals surface area (Å²) < 4.78 is 12.2. The third-order valence-corrected chi connectivity index (χ3v) is 4.51. The van der Waals surface area contributed by atoms with E-state index in [0.29, 0.717) is 24.9 Å². The van der Waals surface area contributed by atoms with Gasteiger partial charge in [-0.05, 0) is 24.8 Å². The largest absolute Gasteiger partial charge is 0.381 e. The Bertz CT molecular complexity index is 792. The SMILES string of the molecule is CC(C)c1noc([C@H](NC(=O)Cn2ccccc2=O)C2CCOCC2)n1. The van der Waals surface area contributed by atoms with Crippen molar-refractivity contribution in [2.45, 2.75) is 45.2 Å². The first kappa shape index (κ1) is 18.3. The highest BCUT2D eigenvalue weighted by Crippen LogP contribution is 2.30. The van der Waals surface area contributed by atoms with E-state index in [0.717, 1.165) is 12.8 Å². The first-order valence-electron chi connectivity index (χ1n) is 8.90. The van der Waals surface area contributed by atoms with Crippen LogP contribution in [0.3, 0.4) is 0 Å². The maximum atomic E-state index is 12.5. The number of amides is 1. The first-order chi connectivity index (χ1) is 12.5. The Morgan fingerprint density at radius 3 is 2.77 bits per heavy atom. The van der Waals surface area contributed by atoms with Gasteiger partial charge in [0.25, 0.3) is 5.56 Å². The van der Waals surface area contributed by atoms with Gasteiger partial charge in [0.1, 0.15) is 12.6 Å². The van der Waals surface area contributed by atoms with Crippen LogP contribution < -0.4 is 10.9 Å². The number of rotatable bonds is 6. The van der Waals surface area contributed by atoms with Gasteiger partial charge >= 0.3 is 0 Å². The van der Waals surface area contributed by atoms with Crippen molar-refractivity contribution < 1.29 is 14.1 Å². The van der Waals surface area contributed by atoms with Crippen molar-refractivity contribution in [3.63, 3.8) is 0 Å². The molecule has 3 heterocycles. The molecular weight excluding hydrogens is 336 g/mol. The quantitative estimate of drug-likeness (QED) is 0.841. The minimum absolute atomic E-state index is 0.0510. The molecule has 0 saturated carbocycles. The van der Waals surface area contributed by atoms with E-state index in [1.54, 1.807) is 18.3 Å². The number of hydrogen-bond donors (Lipinski definition) is 1. The minimum Gasteiger partial charge on any atom is -0.381 e.